The Bertz CT molecular complexity index is 412. The zero-order chi connectivity index (χ0) is 13.0. The molecular formula is C11H15ClN2O3. The second-order valence-corrected chi connectivity index (χ2v) is 4.13. The molecule has 1 N–H and O–H groups in total. The van der Waals surface area contributed by atoms with Gasteiger partial charge in [0.25, 0.3) is 0 Å². The fourth-order valence-electron chi connectivity index (χ4n) is 1.36. The molecule has 0 fully saturated rings. The van der Waals surface area contributed by atoms with Gasteiger partial charge < -0.3 is 14.7 Å². The maximum atomic E-state index is 10.9. The summed E-state index contributed by atoms with van der Waals surface area (Å²) in [5.41, 5.74) is -0.138. The zero-order valence-corrected chi connectivity index (χ0v) is 10.7. The monoisotopic (exact) mass is 258 g/mol. The number of ether oxygens (including phenoxy) is 1. The molecule has 5 nitrogen and oxygen atoms in total. The van der Waals surface area contributed by atoms with Crippen LogP contribution in [0, 0.1) is 0 Å². The number of aromatic carboxylic acids is 1. The van der Waals surface area contributed by atoms with Crippen LogP contribution in [0.2, 0.25) is 5.02 Å². The summed E-state index contributed by atoms with van der Waals surface area (Å²) in [6.45, 7) is 2.49. The molecular weight excluding hydrogens is 244 g/mol. The van der Waals surface area contributed by atoms with Gasteiger partial charge in [-0.2, -0.15) is 0 Å². The van der Waals surface area contributed by atoms with Crippen LogP contribution < -0.4 is 4.90 Å². The quantitative estimate of drug-likeness (QED) is 0.874. The van der Waals surface area contributed by atoms with Crippen molar-refractivity contribution in [2.75, 3.05) is 25.7 Å². The summed E-state index contributed by atoms with van der Waals surface area (Å²) in [5, 5.41) is 9.06. The van der Waals surface area contributed by atoms with Gasteiger partial charge in [0.2, 0.25) is 0 Å². The second-order valence-electron chi connectivity index (χ2n) is 3.72. The molecule has 6 heteroatoms. The minimum atomic E-state index is -1.13. The molecule has 17 heavy (non-hydrogen) atoms. The number of pyridine rings is 1. The van der Waals surface area contributed by atoms with E-state index in [9.17, 15) is 4.79 Å². The summed E-state index contributed by atoms with van der Waals surface area (Å²) in [7, 11) is 3.44. The Morgan fingerprint density at radius 2 is 2.29 bits per heavy atom. The molecule has 0 aromatic carbocycles. The van der Waals surface area contributed by atoms with E-state index in [1.54, 1.807) is 13.2 Å². The van der Waals surface area contributed by atoms with Crippen molar-refractivity contribution in [1.29, 1.82) is 0 Å². The average Bonchev–Trinajstić information content (AvgIpc) is 2.28. The maximum Gasteiger partial charge on any atom is 0.356 e. The number of nitrogens with zero attached hydrogens (tertiary/aromatic N) is 2. The minimum Gasteiger partial charge on any atom is -0.476 e. The molecule has 1 aromatic rings. The van der Waals surface area contributed by atoms with Crippen molar-refractivity contribution in [1.82, 2.24) is 4.98 Å². The van der Waals surface area contributed by atoms with Crippen molar-refractivity contribution in [3.63, 3.8) is 0 Å². The molecule has 94 valence electrons. The Hall–Kier alpha value is -1.33. The number of anilines is 1. The smallest absolute Gasteiger partial charge is 0.356 e. The lowest BCUT2D eigenvalue weighted by Crippen LogP contribution is -2.33. The second kappa shape index (κ2) is 5.84. The van der Waals surface area contributed by atoms with E-state index in [1.807, 2.05) is 18.9 Å². The molecule has 1 unspecified atom stereocenters. The number of methoxy groups -OCH3 is 1. The first-order chi connectivity index (χ1) is 7.97. The summed E-state index contributed by atoms with van der Waals surface area (Å²) >= 11 is 5.75. The summed E-state index contributed by atoms with van der Waals surface area (Å²) < 4.78 is 5.04. The van der Waals surface area contributed by atoms with Gasteiger partial charge in [0, 0.05) is 14.2 Å². The third kappa shape index (κ3) is 3.31. The Balaban J connectivity index is 2.99. The highest BCUT2D eigenvalue weighted by Crippen LogP contribution is 2.19. The Kier molecular flexibility index (Phi) is 4.72. The van der Waals surface area contributed by atoms with E-state index in [-0.39, 0.29) is 16.8 Å². The highest BCUT2D eigenvalue weighted by Gasteiger charge is 2.16. The van der Waals surface area contributed by atoms with Crippen molar-refractivity contribution in [2.45, 2.75) is 13.0 Å². The van der Waals surface area contributed by atoms with Gasteiger partial charge in [-0.15, -0.1) is 0 Å². The standard InChI is InChI=1S/C11H15ClN2O3/c1-7(6-17-3)14(2)9-5-4-8(12)10(13-9)11(15)16/h4-5,7H,6H2,1-3H3,(H,15,16). The fraction of sp³-hybridized carbons (Fsp3) is 0.455. The molecule has 1 atom stereocenters. The van der Waals surface area contributed by atoms with Crippen LogP contribution >= 0.6 is 11.6 Å². The SMILES string of the molecule is COCC(C)N(C)c1ccc(Cl)c(C(=O)O)n1. The highest BCUT2D eigenvalue weighted by atomic mass is 35.5. The van der Waals surface area contributed by atoms with E-state index >= 15 is 0 Å². The largest absolute Gasteiger partial charge is 0.476 e. The lowest BCUT2D eigenvalue weighted by atomic mass is 10.3. The van der Waals surface area contributed by atoms with E-state index in [4.69, 9.17) is 21.4 Å². The van der Waals surface area contributed by atoms with Crippen LogP contribution in [0.3, 0.4) is 0 Å². The van der Waals surface area contributed by atoms with Crippen molar-refractivity contribution in [3.8, 4) is 0 Å². The van der Waals surface area contributed by atoms with E-state index in [1.165, 1.54) is 6.07 Å². The highest BCUT2D eigenvalue weighted by molar-refractivity contribution is 6.33. The number of carbonyl (C=O) groups is 1. The molecule has 1 rings (SSSR count). The van der Waals surface area contributed by atoms with Crippen LogP contribution in [0.15, 0.2) is 12.1 Å². The number of hydrogen-bond donors (Lipinski definition) is 1. The molecule has 0 saturated carbocycles. The molecule has 0 aliphatic rings. The van der Waals surface area contributed by atoms with Crippen LogP contribution in [0.4, 0.5) is 5.82 Å². The lowest BCUT2D eigenvalue weighted by molar-refractivity contribution is 0.0691. The zero-order valence-electron chi connectivity index (χ0n) is 9.98. The van der Waals surface area contributed by atoms with Crippen molar-refractivity contribution in [3.05, 3.63) is 22.8 Å². The first-order valence-corrected chi connectivity index (χ1v) is 5.46. The van der Waals surface area contributed by atoms with Gasteiger partial charge in [-0.1, -0.05) is 11.6 Å². The molecule has 0 spiro atoms. The van der Waals surface area contributed by atoms with Crippen molar-refractivity contribution in [2.24, 2.45) is 0 Å². The molecule has 0 aliphatic carbocycles. The average molecular weight is 259 g/mol. The van der Waals surface area contributed by atoms with Crippen LogP contribution in [-0.4, -0.2) is 42.9 Å². The van der Waals surface area contributed by atoms with Crippen LogP contribution in [0.1, 0.15) is 17.4 Å². The molecule has 0 amide bonds. The predicted molar refractivity (Wildman–Crippen MR) is 65.9 cm³/mol. The van der Waals surface area contributed by atoms with Gasteiger partial charge in [-0.3, -0.25) is 0 Å². The van der Waals surface area contributed by atoms with E-state index < -0.39 is 5.97 Å². The van der Waals surface area contributed by atoms with Gasteiger partial charge in [-0.05, 0) is 19.1 Å². The van der Waals surface area contributed by atoms with Crippen LogP contribution in [0.25, 0.3) is 0 Å². The lowest BCUT2D eigenvalue weighted by Gasteiger charge is -2.25. The summed E-state index contributed by atoms with van der Waals surface area (Å²) in [4.78, 5) is 16.8. The molecule has 0 aliphatic heterocycles. The molecule has 1 aromatic heterocycles. The number of halogens is 1. The third-order valence-corrected chi connectivity index (χ3v) is 2.77. The van der Waals surface area contributed by atoms with Gasteiger partial charge in [-0.25, -0.2) is 9.78 Å². The molecule has 0 radical (unpaired) electrons. The Morgan fingerprint density at radius 1 is 1.65 bits per heavy atom. The van der Waals surface area contributed by atoms with Gasteiger partial charge >= 0.3 is 5.97 Å². The number of hydrogen-bond acceptors (Lipinski definition) is 4. The Morgan fingerprint density at radius 3 is 2.82 bits per heavy atom. The minimum absolute atomic E-state index is 0.0929. The maximum absolute atomic E-state index is 10.9. The molecule has 0 bridgehead atoms. The van der Waals surface area contributed by atoms with E-state index in [0.717, 1.165) is 0 Å². The topological polar surface area (TPSA) is 62.7 Å². The predicted octanol–water partition coefficient (Wildman–Crippen LogP) is 1.90. The van der Waals surface area contributed by atoms with Gasteiger partial charge in [0.05, 0.1) is 17.7 Å². The van der Waals surface area contributed by atoms with Crippen molar-refractivity contribution >= 4 is 23.4 Å². The van der Waals surface area contributed by atoms with Crippen molar-refractivity contribution < 1.29 is 14.6 Å². The fourth-order valence-corrected chi connectivity index (χ4v) is 1.54. The number of rotatable bonds is 5. The summed E-state index contributed by atoms with van der Waals surface area (Å²) in [6.07, 6.45) is 0. The first-order valence-electron chi connectivity index (χ1n) is 5.09. The summed E-state index contributed by atoms with van der Waals surface area (Å²) in [5.74, 6) is -0.582. The van der Waals surface area contributed by atoms with E-state index in [0.29, 0.717) is 12.4 Å². The third-order valence-electron chi connectivity index (χ3n) is 2.46. The van der Waals surface area contributed by atoms with Crippen LogP contribution in [0.5, 0.6) is 0 Å². The summed E-state index contributed by atoms with van der Waals surface area (Å²) in [6, 6.07) is 3.31. The van der Waals surface area contributed by atoms with Crippen LogP contribution in [-0.2, 0) is 4.74 Å². The number of carboxylic acids is 1. The number of aromatic nitrogens is 1. The van der Waals surface area contributed by atoms with Gasteiger partial charge in [0.1, 0.15) is 5.82 Å². The Labute approximate surface area is 105 Å². The normalized spacial score (nSPS) is 12.2. The van der Waals surface area contributed by atoms with Gasteiger partial charge in [0.15, 0.2) is 5.69 Å². The first kappa shape index (κ1) is 13.7. The molecule has 1 heterocycles. The van der Waals surface area contributed by atoms with E-state index in [2.05, 4.69) is 4.98 Å². The number of carboxylic acid groups (broad SMARTS) is 1. The molecule has 0 saturated heterocycles. The number of likely N-dealkylation sites (N-methyl/N-ethyl adjacent to an activating group) is 1.